The van der Waals surface area contributed by atoms with E-state index in [-0.39, 0.29) is 0 Å². The topological polar surface area (TPSA) is 61.3 Å². The zero-order chi connectivity index (χ0) is 16.4. The molecule has 0 bridgehead atoms. The SMILES string of the molecule is Cc1cc(N2CCN(c3ccc(N(C)C)nn3)CC2)nc(C)n1. The summed E-state index contributed by atoms with van der Waals surface area (Å²) >= 11 is 0. The molecule has 1 saturated heterocycles. The van der Waals surface area contributed by atoms with Gasteiger partial charge in [0.2, 0.25) is 0 Å². The molecule has 0 aliphatic carbocycles. The summed E-state index contributed by atoms with van der Waals surface area (Å²) in [7, 11) is 3.93. The van der Waals surface area contributed by atoms with Gasteiger partial charge in [-0.05, 0) is 26.0 Å². The third-order valence-electron chi connectivity index (χ3n) is 3.97. The van der Waals surface area contributed by atoms with Gasteiger partial charge in [-0.3, -0.25) is 0 Å². The number of nitrogens with zero attached hydrogens (tertiary/aromatic N) is 7. The molecule has 0 spiro atoms. The number of rotatable bonds is 3. The molecule has 0 N–H and O–H groups in total. The zero-order valence-electron chi connectivity index (χ0n) is 14.2. The van der Waals surface area contributed by atoms with Crippen molar-refractivity contribution in [3.8, 4) is 0 Å². The molecule has 0 aromatic carbocycles. The number of anilines is 3. The first-order valence-electron chi connectivity index (χ1n) is 7.86. The highest BCUT2D eigenvalue weighted by atomic mass is 15.3. The van der Waals surface area contributed by atoms with Gasteiger partial charge in [0, 0.05) is 52.0 Å². The summed E-state index contributed by atoms with van der Waals surface area (Å²) in [5, 5.41) is 8.59. The Morgan fingerprint density at radius 1 is 0.870 bits per heavy atom. The summed E-state index contributed by atoms with van der Waals surface area (Å²) in [5.41, 5.74) is 1.01. The summed E-state index contributed by atoms with van der Waals surface area (Å²) in [6.45, 7) is 7.63. The maximum absolute atomic E-state index is 4.55. The van der Waals surface area contributed by atoms with E-state index >= 15 is 0 Å². The van der Waals surface area contributed by atoms with Crippen molar-refractivity contribution in [2.24, 2.45) is 0 Å². The van der Waals surface area contributed by atoms with E-state index in [4.69, 9.17) is 0 Å². The van der Waals surface area contributed by atoms with Crippen molar-refractivity contribution >= 4 is 17.5 Å². The lowest BCUT2D eigenvalue weighted by molar-refractivity contribution is 0.636. The van der Waals surface area contributed by atoms with Crippen molar-refractivity contribution in [3.05, 3.63) is 29.7 Å². The lowest BCUT2D eigenvalue weighted by Gasteiger charge is -2.36. The second-order valence-corrected chi connectivity index (χ2v) is 6.03. The van der Waals surface area contributed by atoms with Crippen molar-refractivity contribution in [1.29, 1.82) is 0 Å². The van der Waals surface area contributed by atoms with Crippen LogP contribution in [0.1, 0.15) is 11.5 Å². The van der Waals surface area contributed by atoms with E-state index in [0.29, 0.717) is 0 Å². The molecule has 3 rings (SSSR count). The number of aryl methyl sites for hydroxylation is 2. The standard InChI is InChI=1S/C16H23N7/c1-12-11-16(18-13(2)17-12)23-9-7-22(8-10-23)15-6-5-14(19-20-15)21(3)4/h5-6,11H,7-10H2,1-4H3. The third-order valence-corrected chi connectivity index (χ3v) is 3.97. The lowest BCUT2D eigenvalue weighted by Crippen LogP contribution is -2.47. The molecule has 0 amide bonds. The second-order valence-electron chi connectivity index (χ2n) is 6.03. The molecule has 7 heteroatoms. The predicted octanol–water partition coefficient (Wildman–Crippen LogP) is 1.28. The Morgan fingerprint density at radius 2 is 1.52 bits per heavy atom. The molecule has 1 aliphatic heterocycles. The Hall–Kier alpha value is -2.44. The Bertz CT molecular complexity index is 640. The first kappa shape index (κ1) is 15.5. The fourth-order valence-corrected chi connectivity index (χ4v) is 2.75. The van der Waals surface area contributed by atoms with Crippen LogP contribution in [-0.2, 0) is 0 Å². The highest BCUT2D eigenvalue weighted by Gasteiger charge is 2.20. The van der Waals surface area contributed by atoms with E-state index in [9.17, 15) is 0 Å². The van der Waals surface area contributed by atoms with Gasteiger partial charge in [0.15, 0.2) is 11.6 Å². The second kappa shape index (κ2) is 6.36. The molecule has 122 valence electrons. The molecule has 2 aromatic heterocycles. The highest BCUT2D eigenvalue weighted by molar-refractivity contribution is 5.47. The van der Waals surface area contributed by atoms with Crippen LogP contribution in [-0.4, -0.2) is 60.4 Å². The molecule has 0 atom stereocenters. The van der Waals surface area contributed by atoms with E-state index in [1.165, 1.54) is 0 Å². The first-order valence-corrected chi connectivity index (χ1v) is 7.86. The summed E-state index contributed by atoms with van der Waals surface area (Å²) < 4.78 is 0. The van der Waals surface area contributed by atoms with Crippen molar-refractivity contribution < 1.29 is 0 Å². The van der Waals surface area contributed by atoms with E-state index in [1.807, 2.05) is 51.0 Å². The van der Waals surface area contributed by atoms with E-state index in [1.54, 1.807) is 0 Å². The number of aromatic nitrogens is 4. The fraction of sp³-hybridized carbons (Fsp3) is 0.500. The Balaban J connectivity index is 1.66. The molecule has 1 fully saturated rings. The maximum atomic E-state index is 4.55. The van der Waals surface area contributed by atoms with Gasteiger partial charge in [-0.25, -0.2) is 9.97 Å². The van der Waals surface area contributed by atoms with Gasteiger partial charge in [-0.2, -0.15) is 0 Å². The summed E-state index contributed by atoms with van der Waals surface area (Å²) in [5.74, 6) is 3.65. The van der Waals surface area contributed by atoms with Crippen LogP contribution in [0.2, 0.25) is 0 Å². The molecule has 0 saturated carbocycles. The fourth-order valence-electron chi connectivity index (χ4n) is 2.75. The molecular weight excluding hydrogens is 290 g/mol. The Kier molecular flexibility index (Phi) is 4.27. The predicted molar refractivity (Wildman–Crippen MR) is 92.3 cm³/mol. The van der Waals surface area contributed by atoms with Crippen LogP contribution < -0.4 is 14.7 Å². The Labute approximate surface area is 137 Å². The molecule has 0 radical (unpaired) electrons. The molecule has 3 heterocycles. The zero-order valence-corrected chi connectivity index (χ0v) is 14.2. The number of hydrogen-bond donors (Lipinski definition) is 0. The van der Waals surface area contributed by atoms with Gasteiger partial charge >= 0.3 is 0 Å². The van der Waals surface area contributed by atoms with Crippen LogP contribution in [0.25, 0.3) is 0 Å². The van der Waals surface area contributed by atoms with Gasteiger partial charge in [0.1, 0.15) is 11.6 Å². The highest BCUT2D eigenvalue weighted by Crippen LogP contribution is 2.19. The van der Waals surface area contributed by atoms with Gasteiger partial charge in [0.05, 0.1) is 0 Å². The van der Waals surface area contributed by atoms with Crippen LogP contribution in [0.5, 0.6) is 0 Å². The van der Waals surface area contributed by atoms with Gasteiger partial charge in [0.25, 0.3) is 0 Å². The van der Waals surface area contributed by atoms with Gasteiger partial charge in [-0.1, -0.05) is 0 Å². The van der Waals surface area contributed by atoms with E-state index < -0.39 is 0 Å². The van der Waals surface area contributed by atoms with Crippen LogP contribution >= 0.6 is 0 Å². The smallest absolute Gasteiger partial charge is 0.151 e. The van der Waals surface area contributed by atoms with Gasteiger partial charge < -0.3 is 14.7 Å². The maximum Gasteiger partial charge on any atom is 0.151 e. The van der Waals surface area contributed by atoms with Crippen molar-refractivity contribution in [1.82, 2.24) is 20.2 Å². The lowest BCUT2D eigenvalue weighted by atomic mass is 10.3. The van der Waals surface area contributed by atoms with Crippen molar-refractivity contribution in [2.75, 3.05) is 55.0 Å². The molecule has 23 heavy (non-hydrogen) atoms. The minimum absolute atomic E-state index is 0.826. The number of piperazine rings is 1. The van der Waals surface area contributed by atoms with Crippen molar-refractivity contribution in [3.63, 3.8) is 0 Å². The molecule has 0 unspecified atom stereocenters. The minimum atomic E-state index is 0.826. The minimum Gasteiger partial charge on any atom is -0.361 e. The van der Waals surface area contributed by atoms with E-state index in [0.717, 1.165) is 55.2 Å². The molecule has 7 nitrogen and oxygen atoms in total. The largest absolute Gasteiger partial charge is 0.361 e. The van der Waals surface area contributed by atoms with Crippen LogP contribution in [0.3, 0.4) is 0 Å². The van der Waals surface area contributed by atoms with E-state index in [2.05, 4.69) is 30.0 Å². The van der Waals surface area contributed by atoms with Crippen LogP contribution in [0.4, 0.5) is 17.5 Å². The van der Waals surface area contributed by atoms with Crippen molar-refractivity contribution in [2.45, 2.75) is 13.8 Å². The summed E-state index contributed by atoms with van der Waals surface area (Å²) in [6.07, 6.45) is 0. The van der Waals surface area contributed by atoms with Gasteiger partial charge in [-0.15, -0.1) is 10.2 Å². The average Bonchev–Trinajstić information content (AvgIpc) is 2.54. The number of hydrogen-bond acceptors (Lipinski definition) is 7. The third kappa shape index (κ3) is 3.49. The normalized spacial score (nSPS) is 15.0. The van der Waals surface area contributed by atoms with Crippen LogP contribution in [0.15, 0.2) is 18.2 Å². The Morgan fingerprint density at radius 3 is 2.04 bits per heavy atom. The molecule has 2 aromatic rings. The molecular formula is C16H23N7. The monoisotopic (exact) mass is 313 g/mol. The molecule has 1 aliphatic rings. The van der Waals surface area contributed by atoms with Crippen LogP contribution in [0, 0.1) is 13.8 Å². The first-order chi connectivity index (χ1) is 11.0. The summed E-state index contributed by atoms with van der Waals surface area (Å²) in [4.78, 5) is 15.4. The average molecular weight is 313 g/mol. The quantitative estimate of drug-likeness (QED) is 0.846. The summed E-state index contributed by atoms with van der Waals surface area (Å²) in [6, 6.07) is 6.09.